The van der Waals surface area contributed by atoms with E-state index in [4.69, 9.17) is 4.74 Å². The SMILES string of the molecule is Cc1c(C2=NN(CCc3ccccc3)S(=O)(=O)c3ccccc32)c2cc(F)ccc2n1CC(=O)OC(C)(C)C. The van der Waals surface area contributed by atoms with Gasteiger partial charge in [-0.25, -0.2) is 4.39 Å². The summed E-state index contributed by atoms with van der Waals surface area (Å²) < 4.78 is 50.2. The van der Waals surface area contributed by atoms with Crippen LogP contribution >= 0.6 is 0 Å². The third-order valence-electron chi connectivity index (χ3n) is 6.57. The zero-order valence-electron chi connectivity index (χ0n) is 22.3. The molecule has 0 fully saturated rings. The molecule has 0 aliphatic carbocycles. The number of aromatic nitrogens is 1. The molecule has 0 unspecified atom stereocenters. The zero-order chi connectivity index (χ0) is 27.9. The van der Waals surface area contributed by atoms with Crippen molar-refractivity contribution in [2.45, 2.75) is 51.2 Å². The van der Waals surface area contributed by atoms with Gasteiger partial charge in [0, 0.05) is 27.7 Å². The van der Waals surface area contributed by atoms with Crippen LogP contribution in [0, 0.1) is 12.7 Å². The van der Waals surface area contributed by atoms with Crippen molar-refractivity contribution >= 4 is 32.6 Å². The molecule has 4 aromatic rings. The number of ether oxygens (including phenoxy) is 1. The first-order valence-corrected chi connectivity index (χ1v) is 14.1. The Kier molecular flexibility index (Phi) is 6.80. The summed E-state index contributed by atoms with van der Waals surface area (Å²) in [6.07, 6.45) is 0.465. The van der Waals surface area contributed by atoms with Crippen molar-refractivity contribution < 1.29 is 22.3 Å². The minimum absolute atomic E-state index is 0.0871. The van der Waals surface area contributed by atoms with E-state index in [1.807, 2.05) is 37.3 Å². The Bertz CT molecular complexity index is 1700. The topological polar surface area (TPSA) is 81.0 Å². The van der Waals surface area contributed by atoms with Crippen molar-refractivity contribution in [3.63, 3.8) is 0 Å². The predicted molar refractivity (Wildman–Crippen MR) is 149 cm³/mol. The van der Waals surface area contributed by atoms with Gasteiger partial charge in [0.15, 0.2) is 0 Å². The Morgan fingerprint density at radius 2 is 1.69 bits per heavy atom. The fraction of sp³-hybridized carbons (Fsp3) is 0.267. The van der Waals surface area contributed by atoms with E-state index >= 15 is 0 Å². The number of fused-ring (bicyclic) bond motifs is 2. The van der Waals surface area contributed by atoms with Gasteiger partial charge in [0.1, 0.15) is 23.7 Å². The van der Waals surface area contributed by atoms with E-state index in [1.165, 1.54) is 12.1 Å². The molecule has 0 saturated heterocycles. The molecule has 0 spiro atoms. The first-order valence-electron chi connectivity index (χ1n) is 12.7. The minimum Gasteiger partial charge on any atom is -0.459 e. The normalized spacial score (nSPS) is 14.7. The molecule has 0 amide bonds. The summed E-state index contributed by atoms with van der Waals surface area (Å²) in [7, 11) is -3.91. The van der Waals surface area contributed by atoms with Crippen LogP contribution in [0.2, 0.25) is 0 Å². The number of halogens is 1. The Labute approximate surface area is 227 Å². The van der Waals surface area contributed by atoms with Crippen LogP contribution in [0.4, 0.5) is 4.39 Å². The van der Waals surface area contributed by atoms with Crippen LogP contribution in [0.3, 0.4) is 0 Å². The second-order valence-corrected chi connectivity index (χ2v) is 12.3. The van der Waals surface area contributed by atoms with E-state index in [0.29, 0.717) is 39.9 Å². The van der Waals surface area contributed by atoms with E-state index in [-0.39, 0.29) is 18.0 Å². The standard InChI is InChI=1S/C30H30FN3O4S/c1-20-28(24-18-22(31)14-15-25(24)33(20)19-27(35)38-30(2,3)4)29-23-12-8-9-13-26(23)39(36,37)34(32-29)17-16-21-10-6-5-7-11-21/h5-15,18H,16-17,19H2,1-4H3. The van der Waals surface area contributed by atoms with Gasteiger partial charge in [0.05, 0.1) is 11.4 Å². The lowest BCUT2D eigenvalue weighted by molar-refractivity contribution is -0.155. The van der Waals surface area contributed by atoms with Gasteiger partial charge >= 0.3 is 5.97 Å². The largest absolute Gasteiger partial charge is 0.459 e. The Balaban J connectivity index is 1.67. The molecule has 0 radical (unpaired) electrons. The van der Waals surface area contributed by atoms with E-state index < -0.39 is 27.4 Å². The summed E-state index contributed by atoms with van der Waals surface area (Å²) in [4.78, 5) is 12.9. The van der Waals surface area contributed by atoms with Crippen molar-refractivity contribution in [2.24, 2.45) is 5.10 Å². The summed E-state index contributed by atoms with van der Waals surface area (Å²) in [5.74, 6) is -0.882. The lowest BCUT2D eigenvalue weighted by atomic mass is 9.99. The lowest BCUT2D eigenvalue weighted by Gasteiger charge is -2.27. The summed E-state index contributed by atoms with van der Waals surface area (Å²) in [6, 6.07) is 20.6. The quantitative estimate of drug-likeness (QED) is 0.302. The Morgan fingerprint density at radius 3 is 2.41 bits per heavy atom. The second-order valence-electron chi connectivity index (χ2n) is 10.5. The average Bonchev–Trinajstić information content (AvgIpc) is 3.13. The van der Waals surface area contributed by atoms with E-state index in [9.17, 15) is 17.6 Å². The monoisotopic (exact) mass is 547 g/mol. The molecule has 1 aromatic heterocycles. The van der Waals surface area contributed by atoms with Crippen LogP contribution in [-0.2, 0) is 32.5 Å². The van der Waals surface area contributed by atoms with Gasteiger partial charge in [-0.3, -0.25) is 4.79 Å². The molecular formula is C30H30FN3O4S. The van der Waals surface area contributed by atoms with Crippen LogP contribution in [-0.4, -0.2) is 41.2 Å². The van der Waals surface area contributed by atoms with Crippen molar-refractivity contribution in [3.8, 4) is 0 Å². The molecule has 3 aromatic carbocycles. The van der Waals surface area contributed by atoms with Gasteiger partial charge in [-0.15, -0.1) is 0 Å². The lowest BCUT2D eigenvalue weighted by Crippen LogP contribution is -2.35. The van der Waals surface area contributed by atoms with E-state index in [0.717, 1.165) is 9.98 Å². The smallest absolute Gasteiger partial charge is 0.326 e. The zero-order valence-corrected chi connectivity index (χ0v) is 23.1. The van der Waals surface area contributed by atoms with Crippen molar-refractivity contribution in [3.05, 3.63) is 101 Å². The van der Waals surface area contributed by atoms with Crippen LogP contribution in [0.5, 0.6) is 0 Å². The first kappa shape index (κ1) is 26.6. The highest BCUT2D eigenvalue weighted by Gasteiger charge is 2.35. The number of rotatable bonds is 6. The van der Waals surface area contributed by atoms with Crippen molar-refractivity contribution in [2.75, 3.05) is 6.54 Å². The molecule has 39 heavy (non-hydrogen) atoms. The fourth-order valence-corrected chi connectivity index (χ4v) is 6.35. The van der Waals surface area contributed by atoms with Gasteiger partial charge in [-0.2, -0.15) is 17.9 Å². The maximum absolute atomic E-state index is 14.6. The van der Waals surface area contributed by atoms with Crippen LogP contribution in [0.15, 0.2) is 82.8 Å². The third-order valence-corrected chi connectivity index (χ3v) is 8.30. The highest BCUT2D eigenvalue weighted by Crippen LogP contribution is 2.35. The van der Waals surface area contributed by atoms with Gasteiger partial charge < -0.3 is 9.30 Å². The molecule has 2 heterocycles. The summed E-state index contributed by atoms with van der Waals surface area (Å²) in [6.45, 7) is 7.25. The van der Waals surface area contributed by atoms with Gasteiger partial charge in [-0.1, -0.05) is 48.5 Å². The molecule has 1 aliphatic rings. The van der Waals surface area contributed by atoms with Gasteiger partial charge in [0.2, 0.25) is 0 Å². The number of hydrazone groups is 1. The molecular weight excluding hydrogens is 517 g/mol. The van der Waals surface area contributed by atoms with E-state index in [1.54, 1.807) is 55.7 Å². The number of esters is 1. The van der Waals surface area contributed by atoms with Crippen molar-refractivity contribution in [1.29, 1.82) is 0 Å². The number of sulfonamides is 1. The van der Waals surface area contributed by atoms with Gasteiger partial charge in [-0.05, 0) is 63.9 Å². The average molecular weight is 548 g/mol. The molecule has 5 rings (SSSR count). The molecule has 0 atom stereocenters. The molecule has 1 aliphatic heterocycles. The van der Waals surface area contributed by atoms with Crippen LogP contribution < -0.4 is 0 Å². The number of carbonyl (C=O) groups is 1. The highest BCUT2D eigenvalue weighted by molar-refractivity contribution is 7.89. The van der Waals surface area contributed by atoms with Crippen molar-refractivity contribution in [1.82, 2.24) is 8.98 Å². The third kappa shape index (κ3) is 5.18. The molecule has 7 nitrogen and oxygen atoms in total. The maximum Gasteiger partial charge on any atom is 0.326 e. The first-order chi connectivity index (χ1) is 18.5. The fourth-order valence-electron chi connectivity index (χ4n) is 4.90. The molecule has 0 N–H and O–H groups in total. The summed E-state index contributed by atoms with van der Waals surface area (Å²) >= 11 is 0. The number of carbonyl (C=O) groups excluding carboxylic acids is 1. The second kappa shape index (κ2) is 9.96. The number of nitrogens with zero attached hydrogens (tertiary/aromatic N) is 3. The Hall–Kier alpha value is -3.98. The molecule has 0 saturated carbocycles. The number of hydrogen-bond donors (Lipinski definition) is 0. The van der Waals surface area contributed by atoms with Crippen LogP contribution in [0.1, 0.15) is 43.2 Å². The summed E-state index contributed by atoms with van der Waals surface area (Å²) in [5.41, 5.74) is 3.00. The maximum atomic E-state index is 14.6. The molecule has 0 bridgehead atoms. The molecule has 202 valence electrons. The Morgan fingerprint density at radius 1 is 1.00 bits per heavy atom. The predicted octanol–water partition coefficient (Wildman–Crippen LogP) is 5.43. The number of benzene rings is 3. The molecule has 9 heteroatoms. The minimum atomic E-state index is -3.91. The van der Waals surface area contributed by atoms with Crippen LogP contribution in [0.25, 0.3) is 10.9 Å². The number of hydrogen-bond acceptors (Lipinski definition) is 5. The highest BCUT2D eigenvalue weighted by atomic mass is 32.2. The van der Waals surface area contributed by atoms with Gasteiger partial charge in [0.25, 0.3) is 10.0 Å². The van der Waals surface area contributed by atoms with E-state index in [2.05, 4.69) is 5.10 Å². The summed E-state index contributed by atoms with van der Waals surface area (Å²) in [5, 5.41) is 5.20.